The Labute approximate surface area is 120 Å². The van der Waals surface area contributed by atoms with Crippen LogP contribution in [0.2, 0.25) is 0 Å². The Hall–Kier alpha value is -2.89. The van der Waals surface area contributed by atoms with E-state index in [2.05, 4.69) is 5.32 Å². The molecule has 5 nitrogen and oxygen atoms in total. The number of aromatic carboxylic acids is 1. The van der Waals surface area contributed by atoms with E-state index in [9.17, 15) is 14.0 Å². The van der Waals surface area contributed by atoms with Crippen LogP contribution in [0.3, 0.4) is 0 Å². The van der Waals surface area contributed by atoms with Gasteiger partial charge in [0.25, 0.3) is 0 Å². The molecular weight excluding hydrogens is 275 g/mol. The van der Waals surface area contributed by atoms with Crippen LogP contribution >= 0.6 is 0 Å². The van der Waals surface area contributed by atoms with E-state index in [0.29, 0.717) is 11.3 Å². The number of nitrogen functional groups attached to an aromatic ring is 1. The van der Waals surface area contributed by atoms with Gasteiger partial charge in [0.15, 0.2) is 0 Å². The lowest BCUT2D eigenvalue weighted by molar-refractivity contribution is -0.115. The van der Waals surface area contributed by atoms with Crippen molar-refractivity contribution in [2.24, 2.45) is 0 Å². The summed E-state index contributed by atoms with van der Waals surface area (Å²) in [5, 5.41) is 11.4. The van der Waals surface area contributed by atoms with Crippen molar-refractivity contribution in [3.63, 3.8) is 0 Å². The summed E-state index contributed by atoms with van der Waals surface area (Å²) in [6, 6.07) is 10.5. The Morgan fingerprint density at radius 1 is 1.19 bits per heavy atom. The Kier molecular flexibility index (Phi) is 4.18. The fourth-order valence-corrected chi connectivity index (χ4v) is 1.93. The zero-order valence-corrected chi connectivity index (χ0v) is 11.0. The number of benzene rings is 2. The number of rotatable bonds is 4. The highest BCUT2D eigenvalue weighted by atomic mass is 19.1. The molecule has 0 aromatic heterocycles. The molecule has 21 heavy (non-hydrogen) atoms. The van der Waals surface area contributed by atoms with Crippen LogP contribution in [0.5, 0.6) is 0 Å². The number of nitrogens with one attached hydrogen (secondary N) is 1. The molecule has 0 aliphatic heterocycles. The fraction of sp³-hybridized carbons (Fsp3) is 0.0667. The minimum Gasteiger partial charge on any atom is -0.478 e. The van der Waals surface area contributed by atoms with E-state index in [-0.39, 0.29) is 12.1 Å². The summed E-state index contributed by atoms with van der Waals surface area (Å²) >= 11 is 0. The van der Waals surface area contributed by atoms with Gasteiger partial charge in [0.1, 0.15) is 11.4 Å². The third-order valence-corrected chi connectivity index (χ3v) is 2.82. The van der Waals surface area contributed by atoms with Crippen LogP contribution < -0.4 is 11.1 Å². The van der Waals surface area contributed by atoms with E-state index in [1.54, 1.807) is 24.3 Å². The molecule has 0 spiro atoms. The maximum atomic E-state index is 13.5. The largest absolute Gasteiger partial charge is 0.478 e. The van der Waals surface area contributed by atoms with E-state index < -0.39 is 23.3 Å². The van der Waals surface area contributed by atoms with Crippen molar-refractivity contribution in [2.45, 2.75) is 6.42 Å². The number of carboxylic acids is 1. The first kappa shape index (κ1) is 14.5. The first-order chi connectivity index (χ1) is 9.97. The highest BCUT2D eigenvalue weighted by Gasteiger charge is 2.17. The number of carbonyl (C=O) groups is 2. The van der Waals surface area contributed by atoms with Crippen molar-refractivity contribution < 1.29 is 19.1 Å². The van der Waals surface area contributed by atoms with E-state index in [0.717, 1.165) is 6.07 Å². The van der Waals surface area contributed by atoms with Crippen molar-refractivity contribution >= 4 is 23.3 Å². The van der Waals surface area contributed by atoms with Crippen LogP contribution in [-0.2, 0) is 11.2 Å². The zero-order valence-electron chi connectivity index (χ0n) is 11.0. The molecular formula is C15H13FN2O3. The van der Waals surface area contributed by atoms with Crippen molar-refractivity contribution in [2.75, 3.05) is 11.1 Å². The maximum Gasteiger partial charge on any atom is 0.340 e. The van der Waals surface area contributed by atoms with Gasteiger partial charge in [-0.25, -0.2) is 9.18 Å². The number of halogens is 1. The van der Waals surface area contributed by atoms with Crippen LogP contribution in [-0.4, -0.2) is 17.0 Å². The standard InChI is InChI=1S/C15H13FN2O3/c16-11-5-2-6-12(14(11)15(20)21)18-13(19)8-9-3-1-4-10(17)7-9/h1-7H,8,17H2,(H,18,19)(H,20,21). The third kappa shape index (κ3) is 3.56. The second kappa shape index (κ2) is 6.04. The Bertz CT molecular complexity index is 701. The summed E-state index contributed by atoms with van der Waals surface area (Å²) in [4.78, 5) is 22.9. The molecule has 1 amide bonds. The van der Waals surface area contributed by atoms with Gasteiger partial charge in [0, 0.05) is 5.69 Å². The number of hydrogen-bond acceptors (Lipinski definition) is 3. The summed E-state index contributed by atoms with van der Waals surface area (Å²) in [6.45, 7) is 0. The second-order valence-corrected chi connectivity index (χ2v) is 4.44. The van der Waals surface area contributed by atoms with Gasteiger partial charge in [-0.1, -0.05) is 18.2 Å². The predicted octanol–water partition coefficient (Wildman–Crippen LogP) is 2.29. The van der Waals surface area contributed by atoms with Gasteiger partial charge in [-0.05, 0) is 29.8 Å². The molecule has 108 valence electrons. The average Bonchev–Trinajstić information content (AvgIpc) is 2.37. The summed E-state index contributed by atoms with van der Waals surface area (Å²) in [5.74, 6) is -2.79. The van der Waals surface area contributed by atoms with Crippen LogP contribution in [0, 0.1) is 5.82 Å². The van der Waals surface area contributed by atoms with E-state index >= 15 is 0 Å². The quantitative estimate of drug-likeness (QED) is 0.752. The van der Waals surface area contributed by atoms with Crippen LogP contribution in [0.15, 0.2) is 42.5 Å². The average molecular weight is 288 g/mol. The third-order valence-electron chi connectivity index (χ3n) is 2.82. The van der Waals surface area contributed by atoms with Crippen LogP contribution in [0.1, 0.15) is 15.9 Å². The van der Waals surface area contributed by atoms with Crippen molar-refractivity contribution in [3.05, 3.63) is 59.4 Å². The van der Waals surface area contributed by atoms with Crippen molar-refractivity contribution in [1.82, 2.24) is 0 Å². The van der Waals surface area contributed by atoms with Gasteiger partial charge in [0.05, 0.1) is 12.1 Å². The minimum absolute atomic E-state index is 0.0145. The van der Waals surface area contributed by atoms with Crippen molar-refractivity contribution in [1.29, 1.82) is 0 Å². The molecule has 0 radical (unpaired) electrons. The molecule has 0 unspecified atom stereocenters. The van der Waals surface area contributed by atoms with Gasteiger partial charge in [0.2, 0.25) is 5.91 Å². The van der Waals surface area contributed by atoms with Gasteiger partial charge in [-0.15, -0.1) is 0 Å². The Morgan fingerprint density at radius 2 is 1.90 bits per heavy atom. The van der Waals surface area contributed by atoms with E-state index in [4.69, 9.17) is 10.8 Å². The van der Waals surface area contributed by atoms with Gasteiger partial charge in [-0.2, -0.15) is 0 Å². The highest BCUT2D eigenvalue weighted by molar-refractivity contribution is 6.01. The molecule has 4 N–H and O–H groups in total. The topological polar surface area (TPSA) is 92.4 Å². The molecule has 0 atom stereocenters. The molecule has 0 aliphatic carbocycles. The molecule has 0 bridgehead atoms. The highest BCUT2D eigenvalue weighted by Crippen LogP contribution is 2.19. The molecule has 2 aromatic rings. The normalized spacial score (nSPS) is 10.1. The smallest absolute Gasteiger partial charge is 0.340 e. The second-order valence-electron chi connectivity index (χ2n) is 4.44. The molecule has 2 rings (SSSR count). The molecule has 0 heterocycles. The van der Waals surface area contributed by atoms with Gasteiger partial charge < -0.3 is 16.2 Å². The number of anilines is 2. The molecule has 2 aromatic carbocycles. The van der Waals surface area contributed by atoms with Crippen LogP contribution in [0.4, 0.5) is 15.8 Å². The molecule has 6 heteroatoms. The first-order valence-electron chi connectivity index (χ1n) is 6.13. The number of nitrogens with two attached hydrogens (primary N) is 1. The number of carboxylic acid groups (broad SMARTS) is 1. The maximum absolute atomic E-state index is 13.5. The van der Waals surface area contributed by atoms with Gasteiger partial charge in [-0.3, -0.25) is 4.79 Å². The SMILES string of the molecule is Nc1cccc(CC(=O)Nc2cccc(F)c2C(=O)O)c1. The summed E-state index contributed by atoms with van der Waals surface area (Å²) in [6.07, 6.45) is 0.0145. The van der Waals surface area contributed by atoms with Crippen molar-refractivity contribution in [3.8, 4) is 0 Å². The fourth-order valence-electron chi connectivity index (χ4n) is 1.93. The molecule has 0 fully saturated rings. The molecule has 0 aliphatic rings. The number of hydrogen-bond donors (Lipinski definition) is 3. The summed E-state index contributed by atoms with van der Waals surface area (Å²) in [5.41, 5.74) is 6.19. The Balaban J connectivity index is 2.17. The predicted molar refractivity (Wildman–Crippen MR) is 76.5 cm³/mol. The lowest BCUT2D eigenvalue weighted by atomic mass is 10.1. The number of amides is 1. The first-order valence-corrected chi connectivity index (χ1v) is 6.13. The number of carbonyl (C=O) groups excluding carboxylic acids is 1. The Morgan fingerprint density at radius 3 is 2.57 bits per heavy atom. The van der Waals surface area contributed by atoms with Crippen LogP contribution in [0.25, 0.3) is 0 Å². The van der Waals surface area contributed by atoms with Gasteiger partial charge >= 0.3 is 5.97 Å². The van der Waals surface area contributed by atoms with E-state index in [1.165, 1.54) is 12.1 Å². The zero-order chi connectivity index (χ0) is 15.4. The van der Waals surface area contributed by atoms with E-state index in [1.807, 2.05) is 0 Å². The molecule has 0 saturated carbocycles. The molecule has 0 saturated heterocycles. The monoisotopic (exact) mass is 288 g/mol. The lowest BCUT2D eigenvalue weighted by Gasteiger charge is -2.09. The minimum atomic E-state index is -1.44. The lowest BCUT2D eigenvalue weighted by Crippen LogP contribution is -2.17. The summed E-state index contributed by atoms with van der Waals surface area (Å²) < 4.78 is 13.5. The summed E-state index contributed by atoms with van der Waals surface area (Å²) in [7, 11) is 0.